The van der Waals surface area contributed by atoms with E-state index >= 15 is 0 Å². The van der Waals surface area contributed by atoms with Crippen molar-refractivity contribution in [2.24, 2.45) is 5.92 Å². The van der Waals surface area contributed by atoms with Crippen LogP contribution in [0.2, 0.25) is 0 Å². The van der Waals surface area contributed by atoms with E-state index in [1.807, 2.05) is 14.1 Å². The molecular formula is C19H24N6O3S. The third kappa shape index (κ3) is 3.90. The molecule has 4 rings (SSSR count). The lowest BCUT2D eigenvalue weighted by Crippen LogP contribution is -2.54. The summed E-state index contributed by atoms with van der Waals surface area (Å²) in [5.41, 5.74) is 1.02. The SMILES string of the molecule is CN(C)c1ncc(C(=O)N2CCCC(C3Nc4ccccc4S(=O)(=O)N3)C2)cn1. The molecule has 2 aromatic rings. The Morgan fingerprint density at radius 1 is 1.21 bits per heavy atom. The number of likely N-dealkylation sites (tertiary alicyclic amines) is 1. The summed E-state index contributed by atoms with van der Waals surface area (Å²) in [4.78, 5) is 25.1. The van der Waals surface area contributed by atoms with Gasteiger partial charge < -0.3 is 15.1 Å². The maximum Gasteiger partial charge on any atom is 0.257 e. The van der Waals surface area contributed by atoms with Crippen LogP contribution < -0.4 is 14.9 Å². The zero-order valence-corrected chi connectivity index (χ0v) is 17.2. The van der Waals surface area contributed by atoms with Crippen molar-refractivity contribution in [3.8, 4) is 0 Å². The molecule has 1 amide bonds. The van der Waals surface area contributed by atoms with Gasteiger partial charge in [-0.15, -0.1) is 0 Å². The Kier molecular flexibility index (Phi) is 5.13. The Hall–Kier alpha value is -2.72. The van der Waals surface area contributed by atoms with Crippen LogP contribution in [-0.4, -0.2) is 62.5 Å². The number of anilines is 2. The van der Waals surface area contributed by atoms with E-state index < -0.39 is 16.2 Å². The smallest absolute Gasteiger partial charge is 0.257 e. The number of para-hydroxylation sites is 1. The zero-order valence-electron chi connectivity index (χ0n) is 16.4. The van der Waals surface area contributed by atoms with Crippen LogP contribution in [-0.2, 0) is 10.0 Å². The third-order valence-corrected chi connectivity index (χ3v) is 6.77. The summed E-state index contributed by atoms with van der Waals surface area (Å²) < 4.78 is 27.9. The number of carbonyl (C=O) groups excluding carboxylic acids is 1. The van der Waals surface area contributed by atoms with E-state index in [0.29, 0.717) is 30.3 Å². The van der Waals surface area contributed by atoms with Crippen molar-refractivity contribution in [2.45, 2.75) is 23.9 Å². The first-order valence-corrected chi connectivity index (χ1v) is 11.0. The van der Waals surface area contributed by atoms with E-state index in [1.165, 1.54) is 12.4 Å². The molecule has 154 valence electrons. The van der Waals surface area contributed by atoms with Gasteiger partial charge in [0.05, 0.1) is 17.4 Å². The predicted octanol–water partition coefficient (Wildman–Crippen LogP) is 1.12. The standard InChI is InChI=1S/C19H24N6O3S/c1-24(2)19-20-10-14(11-21-19)18(26)25-9-5-6-13(12-25)17-22-15-7-3-4-8-16(15)29(27,28)23-17/h3-4,7-8,10-11,13,17,22-23H,5-6,9,12H2,1-2H3. The molecule has 9 nitrogen and oxygen atoms in total. The van der Waals surface area contributed by atoms with Crippen LogP contribution >= 0.6 is 0 Å². The second-order valence-electron chi connectivity index (χ2n) is 7.56. The highest BCUT2D eigenvalue weighted by Gasteiger charge is 2.36. The number of hydrogen-bond acceptors (Lipinski definition) is 7. The molecular weight excluding hydrogens is 392 g/mol. The number of hydrogen-bond donors (Lipinski definition) is 2. The average Bonchev–Trinajstić information content (AvgIpc) is 2.73. The zero-order chi connectivity index (χ0) is 20.6. The van der Waals surface area contributed by atoms with Crippen molar-refractivity contribution in [3.05, 3.63) is 42.2 Å². The van der Waals surface area contributed by atoms with Gasteiger partial charge in [0.1, 0.15) is 4.90 Å². The fourth-order valence-electron chi connectivity index (χ4n) is 3.77. The van der Waals surface area contributed by atoms with Gasteiger partial charge in [0.15, 0.2) is 0 Å². The quantitative estimate of drug-likeness (QED) is 0.772. The Labute approximate surface area is 170 Å². The number of nitrogens with one attached hydrogen (secondary N) is 2. The summed E-state index contributed by atoms with van der Waals surface area (Å²) in [6.45, 7) is 1.08. The number of piperidine rings is 1. The first-order chi connectivity index (χ1) is 13.8. The van der Waals surface area contributed by atoms with Gasteiger partial charge in [-0.1, -0.05) is 12.1 Å². The van der Waals surface area contributed by atoms with Crippen LogP contribution in [0.4, 0.5) is 11.6 Å². The van der Waals surface area contributed by atoms with E-state index in [1.54, 1.807) is 34.1 Å². The molecule has 2 atom stereocenters. The molecule has 0 bridgehead atoms. The minimum atomic E-state index is -3.58. The molecule has 0 aliphatic carbocycles. The molecule has 1 aromatic heterocycles. The van der Waals surface area contributed by atoms with E-state index in [-0.39, 0.29) is 16.7 Å². The fraction of sp³-hybridized carbons (Fsp3) is 0.421. The summed E-state index contributed by atoms with van der Waals surface area (Å²) in [7, 11) is 0.0875. The summed E-state index contributed by atoms with van der Waals surface area (Å²) in [5.74, 6) is 0.356. The van der Waals surface area contributed by atoms with Gasteiger partial charge in [0.2, 0.25) is 16.0 Å². The van der Waals surface area contributed by atoms with Crippen LogP contribution in [0.3, 0.4) is 0 Å². The summed E-state index contributed by atoms with van der Waals surface area (Å²) in [6.07, 6.45) is 4.23. The molecule has 3 heterocycles. The molecule has 0 saturated carbocycles. The van der Waals surface area contributed by atoms with Crippen molar-refractivity contribution >= 4 is 27.6 Å². The van der Waals surface area contributed by atoms with Crippen LogP contribution in [0.5, 0.6) is 0 Å². The monoisotopic (exact) mass is 416 g/mol. The molecule has 1 aromatic carbocycles. The lowest BCUT2D eigenvalue weighted by atomic mass is 9.94. The molecule has 0 spiro atoms. The molecule has 2 aliphatic heterocycles. The second-order valence-corrected chi connectivity index (χ2v) is 9.24. The van der Waals surface area contributed by atoms with Gasteiger partial charge in [-0.2, -0.15) is 4.72 Å². The number of fused-ring (bicyclic) bond motifs is 1. The second kappa shape index (κ2) is 7.60. The molecule has 2 aliphatic rings. The maximum absolute atomic E-state index is 12.9. The van der Waals surface area contributed by atoms with Gasteiger partial charge in [-0.3, -0.25) is 4.79 Å². The van der Waals surface area contributed by atoms with Gasteiger partial charge >= 0.3 is 0 Å². The highest BCUT2D eigenvalue weighted by atomic mass is 32.2. The largest absolute Gasteiger partial charge is 0.368 e. The number of sulfonamides is 1. The first kappa shape index (κ1) is 19.6. The molecule has 1 fully saturated rings. The number of amides is 1. The Morgan fingerprint density at radius 2 is 1.93 bits per heavy atom. The molecule has 2 N–H and O–H groups in total. The summed E-state index contributed by atoms with van der Waals surface area (Å²) in [5, 5.41) is 3.28. The van der Waals surface area contributed by atoms with E-state index in [2.05, 4.69) is 20.0 Å². The van der Waals surface area contributed by atoms with Crippen molar-refractivity contribution in [3.63, 3.8) is 0 Å². The minimum absolute atomic E-state index is 0.0437. The Balaban J connectivity index is 1.49. The van der Waals surface area contributed by atoms with E-state index in [0.717, 1.165) is 12.8 Å². The summed E-state index contributed by atoms with van der Waals surface area (Å²) >= 11 is 0. The van der Waals surface area contributed by atoms with Crippen molar-refractivity contribution in [1.29, 1.82) is 0 Å². The van der Waals surface area contributed by atoms with Gasteiger partial charge in [-0.05, 0) is 25.0 Å². The molecule has 2 unspecified atom stereocenters. The first-order valence-electron chi connectivity index (χ1n) is 9.52. The fourth-order valence-corrected chi connectivity index (χ4v) is 5.16. The lowest BCUT2D eigenvalue weighted by Gasteiger charge is -2.39. The molecule has 29 heavy (non-hydrogen) atoms. The highest BCUT2D eigenvalue weighted by molar-refractivity contribution is 7.89. The Morgan fingerprint density at radius 3 is 2.66 bits per heavy atom. The van der Waals surface area contributed by atoms with E-state index in [4.69, 9.17) is 0 Å². The average molecular weight is 417 g/mol. The van der Waals surface area contributed by atoms with Crippen LogP contribution in [0, 0.1) is 5.92 Å². The van der Waals surface area contributed by atoms with E-state index in [9.17, 15) is 13.2 Å². The number of carbonyl (C=O) groups is 1. The minimum Gasteiger partial charge on any atom is -0.368 e. The van der Waals surface area contributed by atoms with Crippen LogP contribution in [0.15, 0.2) is 41.6 Å². The Bertz CT molecular complexity index is 1010. The number of rotatable bonds is 3. The molecule has 10 heteroatoms. The van der Waals surface area contributed by atoms with Crippen LogP contribution in [0.25, 0.3) is 0 Å². The third-order valence-electron chi connectivity index (χ3n) is 5.27. The maximum atomic E-state index is 12.9. The number of benzene rings is 1. The normalized spacial score (nSPS) is 23.0. The van der Waals surface area contributed by atoms with Crippen LogP contribution in [0.1, 0.15) is 23.2 Å². The van der Waals surface area contributed by atoms with Crippen molar-refractivity contribution < 1.29 is 13.2 Å². The number of aromatic nitrogens is 2. The van der Waals surface area contributed by atoms with Crippen molar-refractivity contribution in [1.82, 2.24) is 19.6 Å². The van der Waals surface area contributed by atoms with Gasteiger partial charge in [0, 0.05) is 45.5 Å². The van der Waals surface area contributed by atoms with Crippen molar-refractivity contribution in [2.75, 3.05) is 37.4 Å². The van der Waals surface area contributed by atoms with Gasteiger partial charge in [0.25, 0.3) is 5.91 Å². The number of nitrogens with zero attached hydrogens (tertiary/aromatic N) is 4. The lowest BCUT2D eigenvalue weighted by molar-refractivity contribution is 0.0658. The topological polar surface area (TPSA) is 108 Å². The van der Waals surface area contributed by atoms with Gasteiger partial charge in [-0.25, -0.2) is 18.4 Å². The summed E-state index contributed by atoms with van der Waals surface area (Å²) in [6, 6.07) is 6.84. The molecule has 0 radical (unpaired) electrons. The highest BCUT2D eigenvalue weighted by Crippen LogP contribution is 2.30. The molecule has 1 saturated heterocycles. The predicted molar refractivity (Wildman–Crippen MR) is 109 cm³/mol.